The van der Waals surface area contributed by atoms with Crippen molar-refractivity contribution in [1.82, 2.24) is 10.6 Å². The molecule has 0 aliphatic carbocycles. The summed E-state index contributed by atoms with van der Waals surface area (Å²) in [4.78, 5) is 24.7. The van der Waals surface area contributed by atoms with E-state index in [1.165, 1.54) is 0 Å². The Morgan fingerprint density at radius 1 is 1.30 bits per heavy atom. The maximum absolute atomic E-state index is 11.5. The van der Waals surface area contributed by atoms with Gasteiger partial charge in [-0.25, -0.2) is 0 Å². The zero-order chi connectivity index (χ0) is 14.7. The number of carbonyl (C=O) groups excluding carboxylic acids is 2. The van der Waals surface area contributed by atoms with Crippen molar-refractivity contribution in [3.05, 3.63) is 28.8 Å². The Bertz CT molecular complexity index is 515. The first-order chi connectivity index (χ1) is 9.47. The molecule has 1 aromatic rings. The van der Waals surface area contributed by atoms with Crippen molar-refractivity contribution in [2.45, 2.75) is 26.4 Å². The van der Waals surface area contributed by atoms with Crippen LogP contribution in [0, 0.1) is 0 Å². The van der Waals surface area contributed by atoms with Gasteiger partial charge in [-0.3, -0.25) is 14.9 Å². The van der Waals surface area contributed by atoms with E-state index in [1.54, 1.807) is 4.90 Å². The average molecular weight is 296 g/mol. The normalized spacial score (nSPS) is 15.7. The van der Waals surface area contributed by atoms with Crippen LogP contribution in [0.4, 0.5) is 5.69 Å². The van der Waals surface area contributed by atoms with Gasteiger partial charge >= 0.3 is 0 Å². The van der Waals surface area contributed by atoms with Gasteiger partial charge in [-0.05, 0) is 12.1 Å². The van der Waals surface area contributed by atoms with Crippen molar-refractivity contribution in [2.24, 2.45) is 0 Å². The number of halogens is 1. The Labute approximate surface area is 123 Å². The second-order valence-electron chi connectivity index (χ2n) is 5.10. The lowest BCUT2D eigenvalue weighted by atomic mass is 10.1. The Kier molecular flexibility index (Phi) is 4.62. The topological polar surface area (TPSA) is 61.4 Å². The van der Waals surface area contributed by atoms with Gasteiger partial charge in [0.1, 0.15) is 0 Å². The van der Waals surface area contributed by atoms with Crippen LogP contribution in [0.3, 0.4) is 0 Å². The van der Waals surface area contributed by atoms with Gasteiger partial charge in [0.2, 0.25) is 11.8 Å². The van der Waals surface area contributed by atoms with Crippen LogP contribution >= 0.6 is 11.6 Å². The van der Waals surface area contributed by atoms with Gasteiger partial charge in [-0.1, -0.05) is 31.5 Å². The van der Waals surface area contributed by atoms with Gasteiger partial charge in [-0.2, -0.15) is 0 Å². The molecule has 0 radical (unpaired) electrons. The third kappa shape index (κ3) is 3.49. The Hall–Kier alpha value is -1.59. The van der Waals surface area contributed by atoms with Crippen molar-refractivity contribution < 1.29 is 9.59 Å². The van der Waals surface area contributed by atoms with Crippen molar-refractivity contribution in [3.8, 4) is 0 Å². The van der Waals surface area contributed by atoms with Crippen LogP contribution in [-0.2, 0) is 16.1 Å². The van der Waals surface area contributed by atoms with Crippen molar-refractivity contribution in [3.63, 3.8) is 0 Å². The van der Waals surface area contributed by atoms with E-state index in [2.05, 4.69) is 10.6 Å². The molecule has 5 nitrogen and oxygen atoms in total. The van der Waals surface area contributed by atoms with Crippen LogP contribution in [0.2, 0.25) is 5.02 Å². The minimum Gasteiger partial charge on any atom is -0.353 e. The number of carbonyl (C=O) groups is 2. The molecule has 1 aromatic carbocycles. The smallest absolute Gasteiger partial charge is 0.246 e. The number of hydrogen-bond donors (Lipinski definition) is 2. The number of amides is 2. The Morgan fingerprint density at radius 2 is 1.95 bits per heavy atom. The maximum Gasteiger partial charge on any atom is 0.246 e. The molecule has 2 amide bonds. The van der Waals surface area contributed by atoms with Crippen LogP contribution in [0.1, 0.15) is 19.4 Å². The monoisotopic (exact) mass is 295 g/mol. The van der Waals surface area contributed by atoms with E-state index in [1.807, 2.05) is 32.0 Å². The van der Waals surface area contributed by atoms with Gasteiger partial charge in [0.25, 0.3) is 0 Å². The van der Waals surface area contributed by atoms with Gasteiger partial charge in [0.05, 0.1) is 13.1 Å². The van der Waals surface area contributed by atoms with E-state index in [-0.39, 0.29) is 24.9 Å². The highest BCUT2D eigenvalue weighted by molar-refractivity contribution is 6.31. The lowest BCUT2D eigenvalue weighted by molar-refractivity contribution is -0.130. The van der Waals surface area contributed by atoms with Crippen LogP contribution in [0.25, 0.3) is 0 Å². The molecule has 0 unspecified atom stereocenters. The molecule has 0 atom stereocenters. The van der Waals surface area contributed by atoms with E-state index in [0.29, 0.717) is 17.6 Å². The van der Waals surface area contributed by atoms with Crippen molar-refractivity contribution in [2.75, 3.05) is 18.0 Å². The zero-order valence-corrected chi connectivity index (χ0v) is 12.3. The summed E-state index contributed by atoms with van der Waals surface area (Å²) in [6.45, 7) is 5.03. The fraction of sp³-hybridized carbons (Fsp3) is 0.429. The molecule has 0 aromatic heterocycles. The second kappa shape index (κ2) is 6.24. The number of piperazine rings is 1. The van der Waals surface area contributed by atoms with Crippen LogP contribution in [0.5, 0.6) is 0 Å². The van der Waals surface area contributed by atoms with Gasteiger partial charge in [0, 0.05) is 28.9 Å². The Balaban J connectivity index is 2.28. The summed E-state index contributed by atoms with van der Waals surface area (Å²) in [5.74, 6) is -0.576. The summed E-state index contributed by atoms with van der Waals surface area (Å²) in [5.41, 5.74) is 1.74. The van der Waals surface area contributed by atoms with E-state index in [9.17, 15) is 9.59 Å². The summed E-state index contributed by atoms with van der Waals surface area (Å²) >= 11 is 6.25. The fourth-order valence-electron chi connectivity index (χ4n) is 2.13. The minimum atomic E-state index is -0.288. The molecule has 0 saturated carbocycles. The van der Waals surface area contributed by atoms with Crippen molar-refractivity contribution in [1.29, 1.82) is 0 Å². The molecule has 2 N–H and O–H groups in total. The number of rotatable bonds is 4. The quantitative estimate of drug-likeness (QED) is 0.822. The number of anilines is 1. The minimum absolute atomic E-state index is 0.167. The standard InChI is InChI=1S/C14H18ClN3O2/c1-9(2)16-6-10-11(15)4-3-5-12(10)18-7-13(19)17-14(20)8-18/h3-5,9,16H,6-8H2,1-2H3,(H,17,19,20). The number of nitrogens with zero attached hydrogens (tertiary/aromatic N) is 1. The first kappa shape index (κ1) is 14.8. The Morgan fingerprint density at radius 3 is 2.55 bits per heavy atom. The number of benzene rings is 1. The number of imide groups is 1. The summed E-state index contributed by atoms with van der Waals surface area (Å²) in [7, 11) is 0. The lowest BCUT2D eigenvalue weighted by Crippen LogP contribution is -2.51. The molecule has 0 bridgehead atoms. The number of hydrogen-bond acceptors (Lipinski definition) is 4. The first-order valence-electron chi connectivity index (χ1n) is 6.55. The molecule has 0 spiro atoms. The predicted octanol–water partition coefficient (Wildman–Crippen LogP) is 1.30. The summed E-state index contributed by atoms with van der Waals surface area (Å²) in [5, 5.41) is 6.24. The van der Waals surface area contributed by atoms with Crippen molar-refractivity contribution >= 4 is 29.1 Å². The van der Waals surface area contributed by atoms with Gasteiger partial charge in [0.15, 0.2) is 0 Å². The molecule has 6 heteroatoms. The van der Waals surface area contributed by atoms with Crippen LogP contribution in [0.15, 0.2) is 18.2 Å². The zero-order valence-electron chi connectivity index (χ0n) is 11.6. The third-order valence-corrected chi connectivity index (χ3v) is 3.42. The molecule has 1 fully saturated rings. The molecular formula is C14H18ClN3O2. The van der Waals surface area contributed by atoms with Crippen LogP contribution in [-0.4, -0.2) is 30.9 Å². The van der Waals surface area contributed by atoms with E-state index in [0.717, 1.165) is 11.3 Å². The maximum atomic E-state index is 11.5. The molecule has 2 rings (SSSR count). The van der Waals surface area contributed by atoms with E-state index >= 15 is 0 Å². The summed E-state index contributed by atoms with van der Waals surface area (Å²) in [6.07, 6.45) is 0. The highest BCUT2D eigenvalue weighted by Crippen LogP contribution is 2.28. The lowest BCUT2D eigenvalue weighted by Gasteiger charge is -2.29. The van der Waals surface area contributed by atoms with E-state index in [4.69, 9.17) is 11.6 Å². The van der Waals surface area contributed by atoms with E-state index < -0.39 is 0 Å². The molecule has 1 aliphatic rings. The SMILES string of the molecule is CC(C)NCc1c(Cl)cccc1N1CC(=O)NC(=O)C1. The first-order valence-corrected chi connectivity index (χ1v) is 6.93. The highest BCUT2D eigenvalue weighted by Gasteiger charge is 2.24. The molecular weight excluding hydrogens is 278 g/mol. The average Bonchev–Trinajstić information content (AvgIpc) is 2.35. The summed E-state index contributed by atoms with van der Waals surface area (Å²) < 4.78 is 0. The summed E-state index contributed by atoms with van der Waals surface area (Å²) in [6, 6.07) is 5.85. The molecule has 1 aliphatic heterocycles. The number of nitrogens with one attached hydrogen (secondary N) is 2. The predicted molar refractivity (Wildman–Crippen MR) is 78.8 cm³/mol. The second-order valence-corrected chi connectivity index (χ2v) is 5.51. The molecule has 1 saturated heterocycles. The van der Waals surface area contributed by atoms with Gasteiger partial charge < -0.3 is 10.2 Å². The molecule has 1 heterocycles. The third-order valence-electron chi connectivity index (χ3n) is 3.07. The molecule has 108 valence electrons. The largest absolute Gasteiger partial charge is 0.353 e. The highest BCUT2D eigenvalue weighted by atomic mass is 35.5. The fourth-order valence-corrected chi connectivity index (χ4v) is 2.37. The molecule has 20 heavy (non-hydrogen) atoms. The van der Waals surface area contributed by atoms with Crippen LogP contribution < -0.4 is 15.5 Å². The van der Waals surface area contributed by atoms with Gasteiger partial charge in [-0.15, -0.1) is 0 Å².